The van der Waals surface area contributed by atoms with Gasteiger partial charge in [-0.1, -0.05) is 55.3 Å². The van der Waals surface area contributed by atoms with E-state index in [-0.39, 0.29) is 11.6 Å². The predicted molar refractivity (Wildman–Crippen MR) is 128 cm³/mol. The van der Waals surface area contributed by atoms with Gasteiger partial charge in [-0.15, -0.1) is 0 Å². The van der Waals surface area contributed by atoms with Crippen molar-refractivity contribution in [2.75, 3.05) is 6.54 Å². The number of carbonyl (C=O) groups is 2. The van der Waals surface area contributed by atoms with E-state index in [1.807, 2.05) is 55.5 Å². The van der Waals surface area contributed by atoms with Crippen LogP contribution in [0.2, 0.25) is 5.02 Å². The summed E-state index contributed by atoms with van der Waals surface area (Å²) in [5.41, 5.74) is 1.27. The van der Waals surface area contributed by atoms with E-state index in [1.54, 1.807) is 36.4 Å². The Kier molecular flexibility index (Phi) is 8.46. The van der Waals surface area contributed by atoms with Crippen LogP contribution in [-0.4, -0.2) is 18.4 Å². The van der Waals surface area contributed by atoms with Crippen molar-refractivity contribution in [1.29, 1.82) is 0 Å². The zero-order chi connectivity index (χ0) is 22.8. The van der Waals surface area contributed by atoms with Crippen LogP contribution < -0.4 is 15.4 Å². The molecule has 0 radical (unpaired) electrons. The molecular weight excluding hydrogens is 424 g/mol. The van der Waals surface area contributed by atoms with Crippen LogP contribution in [0, 0.1) is 0 Å². The van der Waals surface area contributed by atoms with Crippen LogP contribution >= 0.6 is 11.6 Å². The molecule has 0 aliphatic carbocycles. The predicted octanol–water partition coefficient (Wildman–Crippen LogP) is 5.82. The lowest BCUT2D eigenvalue weighted by Gasteiger charge is -2.12. The quantitative estimate of drug-likeness (QED) is 0.320. The Hall–Kier alpha value is -3.57. The Labute approximate surface area is 193 Å². The van der Waals surface area contributed by atoms with E-state index in [0.29, 0.717) is 28.6 Å². The molecule has 0 bridgehead atoms. The largest absolute Gasteiger partial charge is 0.457 e. The van der Waals surface area contributed by atoms with E-state index in [2.05, 4.69) is 10.6 Å². The summed E-state index contributed by atoms with van der Waals surface area (Å²) < 4.78 is 5.87. The van der Waals surface area contributed by atoms with E-state index in [9.17, 15) is 9.59 Å². The Balaban J connectivity index is 1.83. The summed E-state index contributed by atoms with van der Waals surface area (Å²) in [6, 6.07) is 23.2. The summed E-state index contributed by atoms with van der Waals surface area (Å²) >= 11 is 5.90. The van der Waals surface area contributed by atoms with Gasteiger partial charge in [-0.2, -0.15) is 0 Å². The van der Waals surface area contributed by atoms with Gasteiger partial charge in [0, 0.05) is 17.1 Å². The summed E-state index contributed by atoms with van der Waals surface area (Å²) in [5.74, 6) is 0.590. The number of unbranched alkanes of at least 4 members (excludes halogenated alkanes) is 1. The van der Waals surface area contributed by atoms with Crippen molar-refractivity contribution in [3.8, 4) is 11.5 Å². The molecule has 0 saturated carbocycles. The van der Waals surface area contributed by atoms with Crippen molar-refractivity contribution < 1.29 is 14.3 Å². The van der Waals surface area contributed by atoms with Crippen molar-refractivity contribution in [3.05, 3.63) is 101 Å². The number of nitrogens with one attached hydrogen (secondary N) is 2. The maximum Gasteiger partial charge on any atom is 0.267 e. The van der Waals surface area contributed by atoms with Gasteiger partial charge in [-0.25, -0.2) is 0 Å². The van der Waals surface area contributed by atoms with Gasteiger partial charge in [0.2, 0.25) is 0 Å². The topological polar surface area (TPSA) is 67.4 Å². The second-order valence-electron chi connectivity index (χ2n) is 7.12. The highest BCUT2D eigenvalue weighted by molar-refractivity contribution is 6.30. The molecule has 164 valence electrons. The van der Waals surface area contributed by atoms with Crippen LogP contribution in [0.25, 0.3) is 6.08 Å². The van der Waals surface area contributed by atoms with Gasteiger partial charge in [0.05, 0.1) is 0 Å². The van der Waals surface area contributed by atoms with Crippen LogP contribution in [0.5, 0.6) is 11.5 Å². The molecule has 0 unspecified atom stereocenters. The van der Waals surface area contributed by atoms with E-state index >= 15 is 0 Å². The second-order valence-corrected chi connectivity index (χ2v) is 7.55. The van der Waals surface area contributed by atoms with Gasteiger partial charge < -0.3 is 15.4 Å². The van der Waals surface area contributed by atoms with Crippen molar-refractivity contribution in [2.24, 2.45) is 0 Å². The maximum absolute atomic E-state index is 12.8. The van der Waals surface area contributed by atoms with Gasteiger partial charge in [-0.05, 0) is 66.6 Å². The SMILES string of the molecule is CCCCNC(=O)/C(=C\c1cccc(Oc2ccccc2)c1)NC(=O)c1ccc(Cl)cc1. The van der Waals surface area contributed by atoms with E-state index < -0.39 is 5.91 Å². The highest BCUT2D eigenvalue weighted by Crippen LogP contribution is 2.22. The molecular formula is C26H25ClN2O3. The molecule has 0 heterocycles. The van der Waals surface area contributed by atoms with Gasteiger partial charge in [0.25, 0.3) is 11.8 Å². The molecule has 32 heavy (non-hydrogen) atoms. The summed E-state index contributed by atoms with van der Waals surface area (Å²) in [6.45, 7) is 2.57. The molecule has 0 fully saturated rings. The molecule has 0 spiro atoms. The minimum Gasteiger partial charge on any atom is -0.457 e. The number of hydrogen-bond donors (Lipinski definition) is 2. The van der Waals surface area contributed by atoms with Crippen LogP contribution in [-0.2, 0) is 4.79 Å². The zero-order valence-corrected chi connectivity index (χ0v) is 18.6. The van der Waals surface area contributed by atoms with Gasteiger partial charge in [0.15, 0.2) is 0 Å². The molecule has 2 amide bonds. The minimum absolute atomic E-state index is 0.151. The average molecular weight is 449 g/mol. The molecule has 2 N–H and O–H groups in total. The van der Waals surface area contributed by atoms with Gasteiger partial charge in [-0.3, -0.25) is 9.59 Å². The Bertz CT molecular complexity index is 1080. The molecule has 0 aliphatic heterocycles. The number of hydrogen-bond acceptors (Lipinski definition) is 3. The smallest absolute Gasteiger partial charge is 0.267 e. The highest BCUT2D eigenvalue weighted by atomic mass is 35.5. The maximum atomic E-state index is 12.8. The number of para-hydroxylation sites is 1. The van der Waals surface area contributed by atoms with Gasteiger partial charge >= 0.3 is 0 Å². The average Bonchev–Trinajstić information content (AvgIpc) is 2.80. The molecule has 6 heteroatoms. The fraction of sp³-hybridized carbons (Fsp3) is 0.154. The third kappa shape index (κ3) is 7.00. The fourth-order valence-electron chi connectivity index (χ4n) is 2.89. The lowest BCUT2D eigenvalue weighted by Crippen LogP contribution is -2.35. The molecule has 5 nitrogen and oxygen atoms in total. The van der Waals surface area contributed by atoms with Crippen LogP contribution in [0.3, 0.4) is 0 Å². The molecule has 3 aromatic carbocycles. The first-order valence-electron chi connectivity index (χ1n) is 10.4. The molecule has 3 aromatic rings. The lowest BCUT2D eigenvalue weighted by atomic mass is 10.1. The highest BCUT2D eigenvalue weighted by Gasteiger charge is 2.14. The number of carbonyl (C=O) groups excluding carboxylic acids is 2. The van der Waals surface area contributed by atoms with Crippen molar-refractivity contribution >= 4 is 29.5 Å². The molecule has 0 atom stereocenters. The summed E-state index contributed by atoms with van der Waals surface area (Å²) in [4.78, 5) is 25.5. The normalized spacial score (nSPS) is 11.0. The first kappa shape index (κ1) is 23.1. The first-order valence-corrected chi connectivity index (χ1v) is 10.8. The van der Waals surface area contributed by atoms with Crippen LogP contribution in [0.1, 0.15) is 35.7 Å². The third-order valence-corrected chi connectivity index (χ3v) is 4.82. The molecule has 0 saturated heterocycles. The molecule has 0 aliphatic rings. The Morgan fingerprint density at radius 3 is 2.38 bits per heavy atom. The van der Waals surface area contributed by atoms with Crippen molar-refractivity contribution in [2.45, 2.75) is 19.8 Å². The van der Waals surface area contributed by atoms with Crippen LogP contribution in [0.4, 0.5) is 0 Å². The number of benzene rings is 3. The summed E-state index contributed by atoms with van der Waals surface area (Å²) in [7, 11) is 0. The number of ether oxygens (including phenoxy) is 1. The standard InChI is InChI=1S/C26H25ClN2O3/c1-2-3-16-28-26(31)24(29-25(30)20-12-14-21(27)15-13-20)18-19-8-7-11-23(17-19)32-22-9-5-4-6-10-22/h4-15,17-18H,2-3,16H2,1H3,(H,28,31)(H,29,30)/b24-18+. The number of amides is 2. The van der Waals surface area contributed by atoms with Crippen LogP contribution in [0.15, 0.2) is 84.6 Å². The number of rotatable bonds is 9. The third-order valence-electron chi connectivity index (χ3n) is 4.56. The lowest BCUT2D eigenvalue weighted by molar-refractivity contribution is -0.117. The fourth-order valence-corrected chi connectivity index (χ4v) is 3.01. The zero-order valence-electron chi connectivity index (χ0n) is 17.8. The van der Waals surface area contributed by atoms with Crippen molar-refractivity contribution in [1.82, 2.24) is 10.6 Å². The first-order chi connectivity index (χ1) is 15.5. The minimum atomic E-state index is -0.393. The van der Waals surface area contributed by atoms with E-state index in [4.69, 9.17) is 16.3 Å². The summed E-state index contributed by atoms with van der Waals surface area (Å²) in [6.07, 6.45) is 3.44. The molecule has 0 aromatic heterocycles. The second kappa shape index (κ2) is 11.7. The Morgan fingerprint density at radius 1 is 0.938 bits per heavy atom. The van der Waals surface area contributed by atoms with Gasteiger partial charge in [0.1, 0.15) is 17.2 Å². The summed E-state index contributed by atoms with van der Waals surface area (Å²) in [5, 5.41) is 6.11. The van der Waals surface area contributed by atoms with E-state index in [0.717, 1.165) is 18.4 Å². The van der Waals surface area contributed by atoms with E-state index in [1.165, 1.54) is 0 Å². The molecule has 3 rings (SSSR count). The number of halogens is 1. The Morgan fingerprint density at radius 2 is 1.66 bits per heavy atom. The monoisotopic (exact) mass is 448 g/mol. The van der Waals surface area contributed by atoms with Crippen molar-refractivity contribution in [3.63, 3.8) is 0 Å².